The van der Waals surface area contributed by atoms with E-state index in [0.29, 0.717) is 17.9 Å². The Morgan fingerprint density at radius 3 is 2.50 bits per heavy atom. The van der Waals surface area contributed by atoms with Crippen LogP contribution in [0.4, 0.5) is 0 Å². The van der Waals surface area contributed by atoms with Crippen LogP contribution in [-0.4, -0.2) is 11.8 Å². The second-order valence-corrected chi connectivity index (χ2v) is 4.90. The van der Waals surface area contributed by atoms with Crippen molar-refractivity contribution in [1.82, 2.24) is 0 Å². The van der Waals surface area contributed by atoms with Crippen LogP contribution < -0.4 is 4.74 Å². The monoisotopic (exact) mass is 288 g/mol. The molecular weight excluding hydrogens is 272 g/mol. The highest BCUT2D eigenvalue weighted by molar-refractivity contribution is 6.68. The number of unbranched alkanes of at least 4 members (excludes halogenated alkanes) is 1. The van der Waals surface area contributed by atoms with Crippen molar-refractivity contribution in [3.8, 4) is 16.9 Å². The van der Waals surface area contributed by atoms with Gasteiger partial charge in [0, 0.05) is 0 Å². The van der Waals surface area contributed by atoms with Crippen LogP contribution >= 0.6 is 11.6 Å². The maximum Gasteiger partial charge on any atom is 0.256 e. The minimum atomic E-state index is -0.490. The van der Waals surface area contributed by atoms with Crippen molar-refractivity contribution >= 4 is 16.8 Å². The summed E-state index contributed by atoms with van der Waals surface area (Å²) in [7, 11) is 0. The van der Waals surface area contributed by atoms with E-state index < -0.39 is 5.24 Å². The Hall–Kier alpha value is -1.80. The van der Waals surface area contributed by atoms with Gasteiger partial charge < -0.3 is 4.74 Å². The highest BCUT2D eigenvalue weighted by atomic mass is 35.5. The normalized spacial score (nSPS) is 10.3. The first-order valence-corrected chi connectivity index (χ1v) is 7.12. The molecule has 0 amide bonds. The average Bonchev–Trinajstić information content (AvgIpc) is 2.48. The Morgan fingerprint density at radius 2 is 1.85 bits per heavy atom. The van der Waals surface area contributed by atoms with Gasteiger partial charge in [-0.15, -0.1) is 0 Å². The van der Waals surface area contributed by atoms with Crippen LogP contribution in [0, 0.1) is 0 Å². The predicted octanol–water partition coefficient (Wildman–Crippen LogP) is 4.91. The molecular formula is C17H17ClO2. The van der Waals surface area contributed by atoms with Crippen molar-refractivity contribution in [3.05, 3.63) is 54.1 Å². The highest BCUT2D eigenvalue weighted by Crippen LogP contribution is 2.28. The van der Waals surface area contributed by atoms with Gasteiger partial charge >= 0.3 is 0 Å². The van der Waals surface area contributed by atoms with Crippen LogP contribution in [-0.2, 0) is 0 Å². The topological polar surface area (TPSA) is 26.3 Å². The van der Waals surface area contributed by atoms with E-state index in [4.69, 9.17) is 16.3 Å². The summed E-state index contributed by atoms with van der Waals surface area (Å²) in [6, 6.07) is 15.5. The number of benzene rings is 2. The van der Waals surface area contributed by atoms with E-state index >= 15 is 0 Å². The lowest BCUT2D eigenvalue weighted by molar-refractivity contribution is 0.107. The molecule has 0 aliphatic rings. The molecule has 0 aliphatic heterocycles. The zero-order valence-corrected chi connectivity index (χ0v) is 12.2. The third-order valence-electron chi connectivity index (χ3n) is 3.06. The molecule has 0 fully saturated rings. The van der Waals surface area contributed by atoms with E-state index in [0.717, 1.165) is 24.0 Å². The van der Waals surface area contributed by atoms with Crippen LogP contribution in [0.5, 0.6) is 5.75 Å². The molecule has 0 unspecified atom stereocenters. The average molecular weight is 289 g/mol. The molecule has 0 bridgehead atoms. The van der Waals surface area contributed by atoms with Gasteiger partial charge in [-0.05, 0) is 41.3 Å². The third-order valence-corrected chi connectivity index (χ3v) is 3.26. The minimum Gasteiger partial charge on any atom is -0.493 e. The highest BCUT2D eigenvalue weighted by Gasteiger charge is 2.11. The molecule has 20 heavy (non-hydrogen) atoms. The molecule has 0 heterocycles. The number of hydrogen-bond donors (Lipinski definition) is 0. The first-order chi connectivity index (χ1) is 9.72. The maximum absolute atomic E-state index is 11.4. The second kappa shape index (κ2) is 7.11. The summed E-state index contributed by atoms with van der Waals surface area (Å²) < 4.78 is 5.70. The standard InChI is InChI=1S/C17H17ClO2/c1-2-3-11-20-16-12-14(9-10-15(16)17(18)19)13-7-5-4-6-8-13/h4-10,12H,2-3,11H2,1H3. The Morgan fingerprint density at radius 1 is 1.10 bits per heavy atom. The molecule has 2 rings (SSSR count). The molecule has 3 heteroatoms. The Kier molecular flexibility index (Phi) is 5.19. The molecule has 2 aromatic carbocycles. The molecule has 0 aliphatic carbocycles. The Labute approximate surface area is 124 Å². The minimum absolute atomic E-state index is 0.419. The molecule has 0 saturated heterocycles. The van der Waals surface area contributed by atoms with Crippen molar-refractivity contribution in [2.45, 2.75) is 19.8 Å². The zero-order chi connectivity index (χ0) is 14.4. The van der Waals surface area contributed by atoms with Gasteiger partial charge in [0.15, 0.2) is 0 Å². The lowest BCUT2D eigenvalue weighted by atomic mass is 10.0. The molecule has 0 radical (unpaired) electrons. The van der Waals surface area contributed by atoms with E-state index in [1.165, 1.54) is 0 Å². The fraction of sp³-hybridized carbons (Fsp3) is 0.235. The molecule has 0 aromatic heterocycles. The number of ether oxygens (including phenoxy) is 1. The Balaban J connectivity index is 2.32. The second-order valence-electron chi connectivity index (χ2n) is 4.55. The molecule has 2 nitrogen and oxygen atoms in total. The van der Waals surface area contributed by atoms with Gasteiger partial charge in [0.25, 0.3) is 5.24 Å². The van der Waals surface area contributed by atoms with E-state index in [9.17, 15) is 4.79 Å². The summed E-state index contributed by atoms with van der Waals surface area (Å²) in [5, 5.41) is -0.490. The molecule has 104 valence electrons. The zero-order valence-electron chi connectivity index (χ0n) is 11.4. The summed E-state index contributed by atoms with van der Waals surface area (Å²) in [4.78, 5) is 11.4. The lowest BCUT2D eigenvalue weighted by Crippen LogP contribution is -2.02. The maximum atomic E-state index is 11.4. The van der Waals surface area contributed by atoms with Crippen LogP contribution in [0.15, 0.2) is 48.5 Å². The number of hydrogen-bond acceptors (Lipinski definition) is 2. The van der Waals surface area contributed by atoms with E-state index in [1.807, 2.05) is 42.5 Å². The molecule has 2 aromatic rings. The molecule has 0 N–H and O–H groups in total. The van der Waals surface area contributed by atoms with Crippen molar-refractivity contribution in [3.63, 3.8) is 0 Å². The summed E-state index contributed by atoms with van der Waals surface area (Å²) >= 11 is 5.60. The molecule has 0 atom stereocenters. The van der Waals surface area contributed by atoms with Gasteiger partial charge in [0.2, 0.25) is 0 Å². The van der Waals surface area contributed by atoms with Gasteiger partial charge in [0.1, 0.15) is 5.75 Å². The van der Waals surface area contributed by atoms with E-state index in [-0.39, 0.29) is 0 Å². The number of halogens is 1. The fourth-order valence-electron chi connectivity index (χ4n) is 1.94. The Bertz CT molecular complexity index is 579. The van der Waals surface area contributed by atoms with Crippen LogP contribution in [0.1, 0.15) is 30.1 Å². The van der Waals surface area contributed by atoms with Crippen LogP contribution in [0.3, 0.4) is 0 Å². The third kappa shape index (κ3) is 3.61. The van der Waals surface area contributed by atoms with Gasteiger partial charge in [-0.3, -0.25) is 4.79 Å². The van der Waals surface area contributed by atoms with Crippen molar-refractivity contribution in [2.24, 2.45) is 0 Å². The van der Waals surface area contributed by atoms with Crippen LogP contribution in [0.25, 0.3) is 11.1 Å². The largest absolute Gasteiger partial charge is 0.493 e. The first kappa shape index (κ1) is 14.6. The molecule has 0 spiro atoms. The predicted molar refractivity (Wildman–Crippen MR) is 82.5 cm³/mol. The summed E-state index contributed by atoms with van der Waals surface area (Å²) in [5.74, 6) is 0.555. The quantitative estimate of drug-likeness (QED) is 0.557. The van der Waals surface area contributed by atoms with Gasteiger partial charge in [-0.25, -0.2) is 0 Å². The van der Waals surface area contributed by atoms with E-state index in [2.05, 4.69) is 6.92 Å². The van der Waals surface area contributed by atoms with Crippen molar-refractivity contribution in [1.29, 1.82) is 0 Å². The number of carbonyl (C=O) groups is 1. The van der Waals surface area contributed by atoms with Gasteiger partial charge in [-0.1, -0.05) is 49.7 Å². The van der Waals surface area contributed by atoms with Crippen LogP contribution in [0.2, 0.25) is 0 Å². The number of rotatable bonds is 6. The van der Waals surface area contributed by atoms with Gasteiger partial charge in [-0.2, -0.15) is 0 Å². The SMILES string of the molecule is CCCCOc1cc(-c2ccccc2)ccc1C(=O)Cl. The van der Waals surface area contributed by atoms with Gasteiger partial charge in [0.05, 0.1) is 12.2 Å². The first-order valence-electron chi connectivity index (χ1n) is 6.74. The van der Waals surface area contributed by atoms with Crippen molar-refractivity contribution < 1.29 is 9.53 Å². The summed E-state index contributed by atoms with van der Waals surface area (Å²) in [6.45, 7) is 2.68. The summed E-state index contributed by atoms with van der Waals surface area (Å²) in [6.07, 6.45) is 1.99. The fourth-order valence-corrected chi connectivity index (χ4v) is 2.10. The van der Waals surface area contributed by atoms with Crippen molar-refractivity contribution in [2.75, 3.05) is 6.61 Å². The lowest BCUT2D eigenvalue weighted by Gasteiger charge is -2.11. The van der Waals surface area contributed by atoms with E-state index in [1.54, 1.807) is 6.07 Å². The molecule has 0 saturated carbocycles. The smallest absolute Gasteiger partial charge is 0.256 e. The summed E-state index contributed by atoms with van der Waals surface area (Å²) in [5.41, 5.74) is 2.52. The number of carbonyl (C=O) groups excluding carboxylic acids is 1.